The molecule has 0 aliphatic rings. The van der Waals surface area contributed by atoms with Gasteiger partial charge in [0.1, 0.15) is 5.82 Å². The number of rotatable bonds is 5. The van der Waals surface area contributed by atoms with Gasteiger partial charge in [-0.25, -0.2) is 9.37 Å². The van der Waals surface area contributed by atoms with Crippen LogP contribution in [0.25, 0.3) is 0 Å². The standard InChI is InChI=1S/C14H18FN3S.ClH/c1-10(2)18(9-13-7-17-14(16)19-13)8-11-4-3-5-12(15)6-11;/h3-7,10H,8-9H2,1-2H3,(H2,16,17);1H. The van der Waals surface area contributed by atoms with Crippen LogP contribution >= 0.6 is 23.7 Å². The van der Waals surface area contributed by atoms with Crippen molar-refractivity contribution in [2.45, 2.75) is 33.0 Å². The monoisotopic (exact) mass is 315 g/mol. The molecule has 110 valence electrons. The van der Waals surface area contributed by atoms with E-state index < -0.39 is 0 Å². The van der Waals surface area contributed by atoms with E-state index in [1.807, 2.05) is 6.07 Å². The largest absolute Gasteiger partial charge is 0.375 e. The molecule has 2 rings (SSSR count). The molecular formula is C14H19ClFN3S. The highest BCUT2D eigenvalue weighted by molar-refractivity contribution is 7.15. The molecule has 6 heteroatoms. The minimum Gasteiger partial charge on any atom is -0.375 e. The third-order valence-electron chi connectivity index (χ3n) is 2.94. The van der Waals surface area contributed by atoms with Gasteiger partial charge in [-0.1, -0.05) is 12.1 Å². The Morgan fingerprint density at radius 2 is 2.10 bits per heavy atom. The highest BCUT2D eigenvalue weighted by Gasteiger charge is 2.12. The number of hydrogen-bond donors (Lipinski definition) is 1. The molecular weight excluding hydrogens is 297 g/mol. The van der Waals surface area contributed by atoms with Gasteiger partial charge in [-0.2, -0.15) is 0 Å². The average molecular weight is 316 g/mol. The molecule has 0 aliphatic heterocycles. The molecule has 0 atom stereocenters. The number of hydrogen-bond acceptors (Lipinski definition) is 4. The summed E-state index contributed by atoms with van der Waals surface area (Å²) in [5, 5.41) is 0.587. The predicted octanol–water partition coefficient (Wildman–Crippen LogP) is 3.70. The minimum atomic E-state index is -0.191. The summed E-state index contributed by atoms with van der Waals surface area (Å²) in [5.41, 5.74) is 6.62. The summed E-state index contributed by atoms with van der Waals surface area (Å²) in [7, 11) is 0. The Balaban J connectivity index is 0.00000200. The van der Waals surface area contributed by atoms with Crippen molar-refractivity contribution in [1.82, 2.24) is 9.88 Å². The second-order valence-corrected chi connectivity index (χ2v) is 5.94. The van der Waals surface area contributed by atoms with Crippen molar-refractivity contribution < 1.29 is 4.39 Å². The third kappa shape index (κ3) is 4.74. The van der Waals surface area contributed by atoms with Crippen LogP contribution in [-0.2, 0) is 13.1 Å². The molecule has 2 N–H and O–H groups in total. The normalized spacial score (nSPS) is 10.8. The Hall–Kier alpha value is -1.17. The maximum atomic E-state index is 13.2. The van der Waals surface area contributed by atoms with Crippen molar-refractivity contribution in [3.05, 3.63) is 46.7 Å². The molecule has 0 amide bonds. The van der Waals surface area contributed by atoms with E-state index in [2.05, 4.69) is 23.7 Å². The molecule has 0 unspecified atom stereocenters. The van der Waals surface area contributed by atoms with Crippen molar-refractivity contribution in [2.24, 2.45) is 0 Å². The quantitative estimate of drug-likeness (QED) is 0.915. The second kappa shape index (κ2) is 7.57. The highest BCUT2D eigenvalue weighted by atomic mass is 35.5. The van der Waals surface area contributed by atoms with Crippen molar-refractivity contribution in [2.75, 3.05) is 5.73 Å². The molecule has 3 nitrogen and oxygen atoms in total. The smallest absolute Gasteiger partial charge is 0.180 e. The third-order valence-corrected chi connectivity index (χ3v) is 3.75. The number of nitrogens with two attached hydrogens (primary N) is 1. The number of nitrogen functional groups attached to an aromatic ring is 1. The van der Waals surface area contributed by atoms with Crippen LogP contribution in [0.3, 0.4) is 0 Å². The van der Waals surface area contributed by atoms with Gasteiger partial charge < -0.3 is 5.73 Å². The van der Waals surface area contributed by atoms with Gasteiger partial charge in [0.25, 0.3) is 0 Å². The first kappa shape index (κ1) is 16.9. The van der Waals surface area contributed by atoms with Gasteiger partial charge in [0.15, 0.2) is 5.13 Å². The average Bonchev–Trinajstić information content (AvgIpc) is 2.74. The van der Waals surface area contributed by atoms with E-state index >= 15 is 0 Å². The number of halogens is 2. The first-order chi connectivity index (χ1) is 9.04. The molecule has 0 radical (unpaired) electrons. The second-order valence-electron chi connectivity index (χ2n) is 4.79. The van der Waals surface area contributed by atoms with Crippen LogP contribution in [0.4, 0.5) is 9.52 Å². The summed E-state index contributed by atoms with van der Waals surface area (Å²) >= 11 is 1.50. The lowest BCUT2D eigenvalue weighted by atomic mass is 10.2. The molecule has 0 saturated heterocycles. The number of anilines is 1. The zero-order valence-corrected chi connectivity index (χ0v) is 13.2. The van der Waals surface area contributed by atoms with Crippen LogP contribution in [0.1, 0.15) is 24.3 Å². The summed E-state index contributed by atoms with van der Waals surface area (Å²) in [6.07, 6.45) is 1.81. The van der Waals surface area contributed by atoms with Gasteiger partial charge in [-0.3, -0.25) is 4.90 Å². The Labute approximate surface area is 129 Å². The SMILES string of the molecule is CC(C)N(Cc1cccc(F)c1)Cc1cnc(N)s1.Cl. The zero-order valence-electron chi connectivity index (χ0n) is 11.5. The maximum absolute atomic E-state index is 13.2. The fraction of sp³-hybridized carbons (Fsp3) is 0.357. The van der Waals surface area contributed by atoms with Crippen LogP contribution in [-0.4, -0.2) is 15.9 Å². The van der Waals surface area contributed by atoms with Gasteiger partial charge in [0, 0.05) is 30.2 Å². The minimum absolute atomic E-state index is 0. The number of nitrogens with zero attached hydrogens (tertiary/aromatic N) is 2. The van der Waals surface area contributed by atoms with Gasteiger partial charge in [-0.15, -0.1) is 23.7 Å². The van der Waals surface area contributed by atoms with E-state index in [1.165, 1.54) is 17.4 Å². The van der Waals surface area contributed by atoms with Crippen LogP contribution in [0.2, 0.25) is 0 Å². The molecule has 0 aliphatic carbocycles. The molecule has 0 fully saturated rings. The summed E-state index contributed by atoms with van der Waals surface area (Å²) < 4.78 is 13.2. The Morgan fingerprint density at radius 1 is 1.35 bits per heavy atom. The predicted molar refractivity (Wildman–Crippen MR) is 84.6 cm³/mol. The fourth-order valence-corrected chi connectivity index (χ4v) is 2.60. The van der Waals surface area contributed by atoms with Crippen LogP contribution in [0.5, 0.6) is 0 Å². The van der Waals surface area contributed by atoms with E-state index in [4.69, 9.17) is 5.73 Å². The van der Waals surface area contributed by atoms with E-state index in [-0.39, 0.29) is 18.2 Å². The van der Waals surface area contributed by atoms with Crippen molar-refractivity contribution in [1.29, 1.82) is 0 Å². The van der Waals surface area contributed by atoms with Gasteiger partial charge in [0.05, 0.1) is 0 Å². The van der Waals surface area contributed by atoms with Crippen LogP contribution in [0.15, 0.2) is 30.5 Å². The Bertz CT molecular complexity index is 545. The fourth-order valence-electron chi connectivity index (χ4n) is 1.89. The zero-order chi connectivity index (χ0) is 13.8. The van der Waals surface area contributed by atoms with Gasteiger partial charge in [-0.05, 0) is 31.5 Å². The van der Waals surface area contributed by atoms with E-state index in [1.54, 1.807) is 18.3 Å². The summed E-state index contributed by atoms with van der Waals surface area (Å²) in [4.78, 5) is 7.45. The van der Waals surface area contributed by atoms with E-state index in [0.29, 0.717) is 17.7 Å². The summed E-state index contributed by atoms with van der Waals surface area (Å²) in [5.74, 6) is -0.191. The lowest BCUT2D eigenvalue weighted by molar-refractivity contribution is 0.205. The summed E-state index contributed by atoms with van der Waals surface area (Å²) in [6, 6.07) is 7.10. The van der Waals surface area contributed by atoms with Gasteiger partial charge >= 0.3 is 0 Å². The first-order valence-corrected chi connectivity index (χ1v) is 7.05. The van der Waals surface area contributed by atoms with Crippen LogP contribution in [0, 0.1) is 5.82 Å². The first-order valence-electron chi connectivity index (χ1n) is 6.23. The van der Waals surface area contributed by atoms with Crippen molar-refractivity contribution >= 4 is 28.9 Å². The molecule has 2 aromatic rings. The Morgan fingerprint density at radius 3 is 2.65 bits per heavy atom. The van der Waals surface area contributed by atoms with Crippen LogP contribution < -0.4 is 5.73 Å². The molecule has 0 bridgehead atoms. The lowest BCUT2D eigenvalue weighted by Crippen LogP contribution is -2.29. The highest BCUT2D eigenvalue weighted by Crippen LogP contribution is 2.19. The number of thiazole rings is 1. The van der Waals surface area contributed by atoms with Crippen molar-refractivity contribution in [3.63, 3.8) is 0 Å². The molecule has 20 heavy (non-hydrogen) atoms. The van der Waals surface area contributed by atoms with Crippen molar-refractivity contribution in [3.8, 4) is 0 Å². The Kier molecular flexibility index (Phi) is 6.39. The molecule has 1 heterocycles. The maximum Gasteiger partial charge on any atom is 0.180 e. The van der Waals surface area contributed by atoms with E-state index in [0.717, 1.165) is 17.0 Å². The number of benzene rings is 1. The van der Waals surface area contributed by atoms with E-state index in [9.17, 15) is 4.39 Å². The molecule has 1 aromatic carbocycles. The molecule has 0 saturated carbocycles. The topological polar surface area (TPSA) is 42.2 Å². The number of aromatic nitrogens is 1. The van der Waals surface area contributed by atoms with Gasteiger partial charge in [0.2, 0.25) is 0 Å². The summed E-state index contributed by atoms with van der Waals surface area (Å²) in [6.45, 7) is 5.75. The lowest BCUT2D eigenvalue weighted by Gasteiger charge is -2.25. The molecule has 1 aromatic heterocycles. The molecule has 0 spiro atoms.